The van der Waals surface area contributed by atoms with Crippen molar-refractivity contribution >= 4 is 11.0 Å². The van der Waals surface area contributed by atoms with Crippen molar-refractivity contribution in [3.63, 3.8) is 0 Å². The number of phenols is 4. The number of rotatable bonds is 6. The molecular weight excluding hydrogens is 396 g/mol. The molecule has 0 saturated heterocycles. The van der Waals surface area contributed by atoms with Crippen molar-refractivity contribution in [2.45, 2.75) is 33.6 Å². The van der Waals surface area contributed by atoms with Gasteiger partial charge in [-0.2, -0.15) is 0 Å². The van der Waals surface area contributed by atoms with Gasteiger partial charge in [0.25, 0.3) is 0 Å². The van der Waals surface area contributed by atoms with E-state index in [0.717, 1.165) is 23.3 Å². The Morgan fingerprint density at radius 3 is 2.39 bits per heavy atom. The zero-order valence-electron chi connectivity index (χ0n) is 17.8. The SMILES string of the molecule is C=C(C)C(CC=C(C)C)Cc1c(O)cc2oc(-c3ccc(O)cc3O)cc(=O)c2c1O. The predicted molar refractivity (Wildman–Crippen MR) is 121 cm³/mol. The fraction of sp³-hybridized carbons (Fsp3) is 0.240. The van der Waals surface area contributed by atoms with E-state index >= 15 is 0 Å². The van der Waals surface area contributed by atoms with Crippen molar-refractivity contribution in [3.05, 3.63) is 69.9 Å². The second-order valence-corrected chi connectivity index (χ2v) is 8.04. The monoisotopic (exact) mass is 422 g/mol. The minimum absolute atomic E-state index is 0.00935. The van der Waals surface area contributed by atoms with E-state index in [4.69, 9.17) is 4.42 Å². The van der Waals surface area contributed by atoms with E-state index in [1.807, 2.05) is 20.8 Å². The second-order valence-electron chi connectivity index (χ2n) is 8.04. The van der Waals surface area contributed by atoms with Gasteiger partial charge in [-0.25, -0.2) is 0 Å². The van der Waals surface area contributed by atoms with E-state index in [0.29, 0.717) is 12.8 Å². The Hall–Kier alpha value is -3.67. The summed E-state index contributed by atoms with van der Waals surface area (Å²) in [5, 5.41) is 40.9. The molecule has 0 aliphatic rings. The topological polar surface area (TPSA) is 111 Å². The fourth-order valence-corrected chi connectivity index (χ4v) is 3.48. The van der Waals surface area contributed by atoms with Gasteiger partial charge in [0.15, 0.2) is 5.43 Å². The molecule has 6 heteroatoms. The first-order valence-corrected chi connectivity index (χ1v) is 9.91. The molecule has 0 radical (unpaired) electrons. The Labute approximate surface area is 180 Å². The molecule has 6 nitrogen and oxygen atoms in total. The maximum atomic E-state index is 12.8. The Balaban J connectivity index is 2.11. The minimum Gasteiger partial charge on any atom is -0.508 e. The van der Waals surface area contributed by atoms with Crippen LogP contribution in [-0.4, -0.2) is 20.4 Å². The van der Waals surface area contributed by atoms with Gasteiger partial charge in [-0.15, -0.1) is 0 Å². The highest BCUT2D eigenvalue weighted by atomic mass is 16.3. The lowest BCUT2D eigenvalue weighted by atomic mass is 9.88. The Kier molecular flexibility index (Phi) is 6.11. The van der Waals surface area contributed by atoms with E-state index in [1.54, 1.807) is 0 Å². The molecule has 0 aliphatic heterocycles. The van der Waals surface area contributed by atoms with Crippen LogP contribution in [0.5, 0.6) is 23.0 Å². The summed E-state index contributed by atoms with van der Waals surface area (Å²) in [5.41, 5.74) is 1.99. The van der Waals surface area contributed by atoms with Gasteiger partial charge in [-0.05, 0) is 51.7 Å². The molecule has 1 aromatic heterocycles. The lowest BCUT2D eigenvalue weighted by molar-refractivity contribution is 0.432. The van der Waals surface area contributed by atoms with E-state index in [1.165, 1.54) is 18.2 Å². The zero-order valence-corrected chi connectivity index (χ0v) is 17.8. The van der Waals surface area contributed by atoms with Crippen molar-refractivity contribution in [2.75, 3.05) is 0 Å². The Morgan fingerprint density at radius 2 is 1.77 bits per heavy atom. The lowest BCUT2D eigenvalue weighted by Crippen LogP contribution is -2.08. The maximum Gasteiger partial charge on any atom is 0.197 e. The van der Waals surface area contributed by atoms with Crippen LogP contribution in [0.15, 0.2) is 63.3 Å². The molecule has 1 unspecified atom stereocenters. The third kappa shape index (κ3) is 4.58. The van der Waals surface area contributed by atoms with Gasteiger partial charge in [0, 0.05) is 23.8 Å². The first-order valence-electron chi connectivity index (χ1n) is 9.91. The summed E-state index contributed by atoms with van der Waals surface area (Å²) >= 11 is 0. The van der Waals surface area contributed by atoms with Crippen molar-refractivity contribution in [3.8, 4) is 34.3 Å². The van der Waals surface area contributed by atoms with Crippen LogP contribution in [-0.2, 0) is 6.42 Å². The highest BCUT2D eigenvalue weighted by molar-refractivity contribution is 5.88. The highest BCUT2D eigenvalue weighted by Gasteiger charge is 2.21. The van der Waals surface area contributed by atoms with Gasteiger partial charge in [0.2, 0.25) is 0 Å². The summed E-state index contributed by atoms with van der Waals surface area (Å²) in [4.78, 5) is 12.8. The molecule has 3 rings (SSSR count). The molecule has 1 heterocycles. The molecule has 4 N–H and O–H groups in total. The normalized spacial score (nSPS) is 12.0. The molecule has 0 fully saturated rings. The van der Waals surface area contributed by atoms with E-state index in [-0.39, 0.29) is 56.8 Å². The van der Waals surface area contributed by atoms with Crippen LogP contribution >= 0.6 is 0 Å². The van der Waals surface area contributed by atoms with Gasteiger partial charge in [-0.1, -0.05) is 23.8 Å². The maximum absolute atomic E-state index is 12.8. The van der Waals surface area contributed by atoms with Crippen LogP contribution in [0.3, 0.4) is 0 Å². The number of hydrogen-bond donors (Lipinski definition) is 4. The van der Waals surface area contributed by atoms with Gasteiger partial charge >= 0.3 is 0 Å². The number of allylic oxidation sites excluding steroid dienone is 3. The number of aromatic hydroxyl groups is 4. The molecular formula is C25H26O6. The molecule has 0 bridgehead atoms. The average molecular weight is 422 g/mol. The predicted octanol–water partition coefficient (Wildman–Crippen LogP) is 5.37. The van der Waals surface area contributed by atoms with E-state index in [2.05, 4.69) is 12.7 Å². The molecule has 2 aromatic carbocycles. The summed E-state index contributed by atoms with van der Waals surface area (Å²) in [5.74, 6) is -0.896. The molecule has 31 heavy (non-hydrogen) atoms. The summed E-state index contributed by atoms with van der Waals surface area (Å²) in [6.45, 7) is 9.90. The average Bonchev–Trinajstić information content (AvgIpc) is 2.66. The molecule has 0 saturated carbocycles. The third-order valence-electron chi connectivity index (χ3n) is 5.28. The molecule has 162 valence electrons. The molecule has 0 amide bonds. The molecule has 3 aromatic rings. The van der Waals surface area contributed by atoms with Crippen LogP contribution in [0.25, 0.3) is 22.3 Å². The first-order chi connectivity index (χ1) is 14.6. The van der Waals surface area contributed by atoms with Crippen LogP contribution < -0.4 is 5.43 Å². The standard InChI is InChI=1S/C25H26O6/c1-13(2)5-6-15(14(3)4)9-18-20(28)11-23-24(25(18)30)21(29)12-22(31-23)17-8-7-16(26)10-19(17)27/h5,7-8,10-12,15,26-28,30H,3,6,9H2,1-2,4H3. The second kappa shape index (κ2) is 8.60. The van der Waals surface area contributed by atoms with Gasteiger partial charge in [0.1, 0.15) is 39.7 Å². The van der Waals surface area contributed by atoms with Crippen molar-refractivity contribution in [2.24, 2.45) is 5.92 Å². The van der Waals surface area contributed by atoms with Crippen LogP contribution in [0.4, 0.5) is 0 Å². The summed E-state index contributed by atoms with van der Waals surface area (Å²) in [7, 11) is 0. The molecule has 0 spiro atoms. The number of fused-ring (bicyclic) bond motifs is 1. The van der Waals surface area contributed by atoms with Crippen molar-refractivity contribution in [1.82, 2.24) is 0 Å². The Morgan fingerprint density at radius 1 is 1.06 bits per heavy atom. The summed E-state index contributed by atoms with van der Waals surface area (Å²) < 4.78 is 5.71. The zero-order chi connectivity index (χ0) is 22.9. The van der Waals surface area contributed by atoms with Crippen LogP contribution in [0, 0.1) is 5.92 Å². The van der Waals surface area contributed by atoms with E-state index < -0.39 is 5.43 Å². The quantitative estimate of drug-likeness (QED) is 0.397. The van der Waals surface area contributed by atoms with E-state index in [9.17, 15) is 25.2 Å². The fourth-order valence-electron chi connectivity index (χ4n) is 3.48. The number of hydrogen-bond acceptors (Lipinski definition) is 6. The van der Waals surface area contributed by atoms with Crippen molar-refractivity contribution < 1.29 is 24.8 Å². The summed E-state index contributed by atoms with van der Waals surface area (Å²) in [6.07, 6.45) is 3.08. The van der Waals surface area contributed by atoms with Gasteiger partial charge in [-0.3, -0.25) is 4.79 Å². The van der Waals surface area contributed by atoms with Crippen LogP contribution in [0.2, 0.25) is 0 Å². The molecule has 0 aliphatic carbocycles. The smallest absolute Gasteiger partial charge is 0.197 e. The van der Waals surface area contributed by atoms with Crippen molar-refractivity contribution in [1.29, 1.82) is 0 Å². The first kappa shape index (κ1) is 22.0. The lowest BCUT2D eigenvalue weighted by Gasteiger charge is -2.18. The molecule has 1 atom stereocenters. The minimum atomic E-state index is -0.515. The number of benzene rings is 2. The Bertz CT molecular complexity index is 1250. The van der Waals surface area contributed by atoms with Crippen LogP contribution in [0.1, 0.15) is 32.8 Å². The highest BCUT2D eigenvalue weighted by Crippen LogP contribution is 2.39. The largest absolute Gasteiger partial charge is 0.508 e. The van der Waals surface area contributed by atoms with Gasteiger partial charge in [0.05, 0.1) is 5.56 Å². The summed E-state index contributed by atoms with van der Waals surface area (Å²) in [6, 6.07) is 6.34. The third-order valence-corrected chi connectivity index (χ3v) is 5.28. The van der Waals surface area contributed by atoms with Gasteiger partial charge < -0.3 is 24.8 Å². The number of phenolic OH excluding ortho intramolecular Hbond substituents is 4.